The molecule has 0 unspecified atom stereocenters. The zero-order chi connectivity index (χ0) is 18.8. The van der Waals surface area contributed by atoms with Gasteiger partial charge in [0.2, 0.25) is 0 Å². The van der Waals surface area contributed by atoms with Gasteiger partial charge in [-0.1, -0.05) is 12.1 Å². The van der Waals surface area contributed by atoms with E-state index < -0.39 is 23.6 Å². The molecule has 2 aromatic rings. The van der Waals surface area contributed by atoms with Crippen molar-refractivity contribution in [3.8, 4) is 5.75 Å². The van der Waals surface area contributed by atoms with Crippen LogP contribution in [-0.2, 0) is 15.7 Å². The van der Waals surface area contributed by atoms with Crippen molar-refractivity contribution in [1.29, 1.82) is 0 Å². The summed E-state index contributed by atoms with van der Waals surface area (Å²) in [6.45, 7) is -0.312. The highest BCUT2D eigenvalue weighted by molar-refractivity contribution is 6.08. The van der Waals surface area contributed by atoms with Crippen molar-refractivity contribution in [3.05, 3.63) is 41.5 Å². The van der Waals surface area contributed by atoms with E-state index >= 15 is 0 Å². The van der Waals surface area contributed by atoms with E-state index in [1.807, 2.05) is 0 Å². The van der Waals surface area contributed by atoms with Crippen molar-refractivity contribution in [2.45, 2.75) is 6.18 Å². The molecule has 1 amide bonds. The molecule has 0 atom stereocenters. The molecule has 5 nitrogen and oxygen atoms in total. The molecule has 2 aromatic carbocycles. The van der Waals surface area contributed by atoms with Gasteiger partial charge in [0.15, 0.2) is 0 Å². The van der Waals surface area contributed by atoms with Gasteiger partial charge in [0.25, 0.3) is 5.91 Å². The van der Waals surface area contributed by atoms with Crippen LogP contribution in [0.3, 0.4) is 0 Å². The molecule has 2 rings (SSSR count). The number of carbonyl (C=O) groups excluding carboxylic acids is 2. The first-order valence-electron chi connectivity index (χ1n) is 7.20. The number of halogens is 3. The molecule has 25 heavy (non-hydrogen) atoms. The molecule has 0 aromatic heterocycles. The molecule has 0 spiro atoms. The minimum absolute atomic E-state index is 0.0528. The van der Waals surface area contributed by atoms with Crippen LogP contribution >= 0.6 is 0 Å². The number of rotatable bonds is 4. The Morgan fingerprint density at radius 3 is 2.32 bits per heavy atom. The molecule has 0 heterocycles. The predicted molar refractivity (Wildman–Crippen MR) is 84.5 cm³/mol. The minimum atomic E-state index is -4.65. The van der Waals surface area contributed by atoms with Gasteiger partial charge < -0.3 is 14.4 Å². The van der Waals surface area contributed by atoms with Crippen molar-refractivity contribution in [2.24, 2.45) is 0 Å². The monoisotopic (exact) mass is 355 g/mol. The number of hydrogen-bond donors (Lipinski definition) is 0. The molecule has 0 aliphatic heterocycles. The van der Waals surface area contributed by atoms with E-state index in [2.05, 4.69) is 4.74 Å². The number of amides is 1. The zero-order valence-corrected chi connectivity index (χ0v) is 13.8. The molecule has 0 radical (unpaired) electrons. The Morgan fingerprint density at radius 2 is 1.76 bits per heavy atom. The van der Waals surface area contributed by atoms with E-state index in [4.69, 9.17) is 4.74 Å². The molecule has 0 saturated heterocycles. The summed E-state index contributed by atoms with van der Waals surface area (Å²) in [5, 5.41) is -0.0264. The van der Waals surface area contributed by atoms with Crippen LogP contribution in [0.15, 0.2) is 30.3 Å². The Bertz CT molecular complexity index is 817. The highest BCUT2D eigenvalue weighted by atomic mass is 19.4. The van der Waals surface area contributed by atoms with Crippen LogP contribution in [0.1, 0.15) is 15.9 Å². The largest absolute Gasteiger partial charge is 0.496 e. The van der Waals surface area contributed by atoms with E-state index in [0.717, 1.165) is 12.0 Å². The fourth-order valence-electron chi connectivity index (χ4n) is 2.52. The van der Waals surface area contributed by atoms with Crippen LogP contribution in [0.25, 0.3) is 10.8 Å². The van der Waals surface area contributed by atoms with Gasteiger partial charge in [-0.2, -0.15) is 13.2 Å². The van der Waals surface area contributed by atoms with E-state index in [0.29, 0.717) is 0 Å². The first kappa shape index (κ1) is 18.6. The second-order valence-electron chi connectivity index (χ2n) is 5.28. The van der Waals surface area contributed by atoms with Gasteiger partial charge in [0, 0.05) is 12.6 Å². The minimum Gasteiger partial charge on any atom is -0.496 e. The number of fused-ring (bicyclic) bond motifs is 1. The fourth-order valence-corrected chi connectivity index (χ4v) is 2.52. The molecule has 8 heteroatoms. The number of likely N-dealkylation sites (N-methyl/N-ethyl adjacent to an activating group) is 1. The van der Waals surface area contributed by atoms with Crippen molar-refractivity contribution in [1.82, 2.24) is 4.90 Å². The molecule has 0 bridgehead atoms. The first-order valence-corrected chi connectivity index (χ1v) is 7.20. The summed E-state index contributed by atoms with van der Waals surface area (Å²) >= 11 is 0. The number of hydrogen-bond acceptors (Lipinski definition) is 4. The molecule has 0 aliphatic carbocycles. The second-order valence-corrected chi connectivity index (χ2v) is 5.28. The van der Waals surface area contributed by atoms with E-state index in [1.165, 1.54) is 44.5 Å². The van der Waals surface area contributed by atoms with Crippen molar-refractivity contribution in [3.63, 3.8) is 0 Å². The van der Waals surface area contributed by atoms with Gasteiger partial charge in [0.1, 0.15) is 17.9 Å². The highest BCUT2D eigenvalue weighted by Crippen LogP contribution is 2.41. The van der Waals surface area contributed by atoms with Crippen molar-refractivity contribution in [2.75, 3.05) is 27.8 Å². The van der Waals surface area contributed by atoms with Crippen LogP contribution in [0.2, 0.25) is 0 Å². The molecular weight excluding hydrogens is 339 g/mol. The van der Waals surface area contributed by atoms with Crippen LogP contribution in [0.4, 0.5) is 13.2 Å². The van der Waals surface area contributed by atoms with Gasteiger partial charge in [0.05, 0.1) is 14.2 Å². The van der Waals surface area contributed by atoms with Crippen LogP contribution in [0, 0.1) is 0 Å². The van der Waals surface area contributed by atoms with Gasteiger partial charge in [-0.3, -0.25) is 9.59 Å². The summed E-state index contributed by atoms with van der Waals surface area (Å²) in [5.74, 6) is -1.55. The molecule has 0 saturated carbocycles. The number of carbonyl (C=O) groups is 2. The number of nitrogens with zero attached hydrogens (tertiary/aromatic N) is 1. The maximum Gasteiger partial charge on any atom is 0.420 e. The lowest BCUT2D eigenvalue weighted by Gasteiger charge is -2.19. The predicted octanol–water partition coefficient (Wildman–Crippen LogP) is 3.11. The third kappa shape index (κ3) is 3.67. The maximum atomic E-state index is 13.4. The lowest BCUT2D eigenvalue weighted by Crippen LogP contribution is -2.32. The third-order valence-corrected chi connectivity index (χ3v) is 3.70. The summed E-state index contributed by atoms with van der Waals surface area (Å²) in [6, 6.07) is 6.60. The summed E-state index contributed by atoms with van der Waals surface area (Å²) in [4.78, 5) is 24.9. The standard InChI is InChI=1S/C17H16F3NO4/c1-21(9-14(22)25-3)16(23)12-6-4-5-11-10(12)7-8-13(24-2)15(11)17(18,19)20/h4-8H,9H2,1-3H3. The van der Waals surface area contributed by atoms with Crippen LogP contribution in [-0.4, -0.2) is 44.6 Å². The maximum absolute atomic E-state index is 13.4. The number of alkyl halides is 3. The van der Waals surface area contributed by atoms with Gasteiger partial charge >= 0.3 is 12.1 Å². The third-order valence-electron chi connectivity index (χ3n) is 3.70. The molecule has 0 aliphatic rings. The van der Waals surface area contributed by atoms with Gasteiger partial charge in [-0.15, -0.1) is 0 Å². The topological polar surface area (TPSA) is 55.8 Å². The van der Waals surface area contributed by atoms with Crippen molar-refractivity contribution < 1.29 is 32.2 Å². The average Bonchev–Trinajstić information content (AvgIpc) is 2.58. The number of ether oxygens (including phenoxy) is 2. The van der Waals surface area contributed by atoms with Gasteiger partial charge in [-0.25, -0.2) is 0 Å². The zero-order valence-electron chi connectivity index (χ0n) is 13.8. The van der Waals surface area contributed by atoms with E-state index in [1.54, 1.807) is 0 Å². The Hall–Kier alpha value is -2.77. The smallest absolute Gasteiger partial charge is 0.420 e. The number of methoxy groups -OCH3 is 2. The second kappa shape index (κ2) is 7.00. The van der Waals surface area contributed by atoms with Crippen molar-refractivity contribution >= 4 is 22.6 Å². The lowest BCUT2D eigenvalue weighted by molar-refractivity contribution is -0.141. The van der Waals surface area contributed by atoms with Gasteiger partial charge in [-0.05, 0) is 29.0 Å². The first-order chi connectivity index (χ1) is 11.7. The summed E-state index contributed by atoms with van der Waals surface area (Å²) in [7, 11) is 3.70. The van der Waals surface area contributed by atoms with Crippen LogP contribution < -0.4 is 4.74 Å². The molecule has 0 N–H and O–H groups in total. The summed E-state index contributed by atoms with van der Waals surface area (Å²) < 4.78 is 49.6. The van der Waals surface area contributed by atoms with Crippen LogP contribution in [0.5, 0.6) is 5.75 Å². The normalized spacial score (nSPS) is 11.3. The summed E-state index contributed by atoms with van der Waals surface area (Å²) in [5.41, 5.74) is -0.894. The average molecular weight is 355 g/mol. The SMILES string of the molecule is COC(=O)CN(C)C(=O)c1cccc2c(C(F)(F)F)c(OC)ccc12. The van der Waals surface area contributed by atoms with E-state index in [9.17, 15) is 22.8 Å². The van der Waals surface area contributed by atoms with E-state index in [-0.39, 0.29) is 28.6 Å². The summed E-state index contributed by atoms with van der Waals surface area (Å²) in [6.07, 6.45) is -4.65. The molecule has 0 fully saturated rings. The fraction of sp³-hybridized carbons (Fsp3) is 0.294. The number of esters is 1. The molecular formula is C17H16F3NO4. The Balaban J connectivity index is 2.61. The lowest BCUT2D eigenvalue weighted by atomic mass is 9.98. The quantitative estimate of drug-likeness (QED) is 0.791. The molecule has 134 valence electrons. The number of benzene rings is 2. The Morgan fingerprint density at radius 1 is 1.08 bits per heavy atom. The Labute approximate surface area is 141 Å². The highest BCUT2D eigenvalue weighted by Gasteiger charge is 2.37. The Kier molecular flexibility index (Phi) is 5.20.